The molecule has 9 heteroatoms. The van der Waals surface area contributed by atoms with Crippen LogP contribution in [0, 0.1) is 23.2 Å². The molecular formula is C29H40BN3O5. The van der Waals surface area contributed by atoms with E-state index in [2.05, 4.69) is 50.2 Å². The van der Waals surface area contributed by atoms with Crippen LogP contribution in [0.2, 0.25) is 0 Å². The highest BCUT2D eigenvalue weighted by atomic mass is 16.7. The first-order chi connectivity index (χ1) is 17.9. The third-order valence-corrected chi connectivity index (χ3v) is 9.27. The number of fused-ring (bicyclic) bond motifs is 1. The number of hydrogen-bond donors (Lipinski definition) is 3. The molecule has 2 amide bonds. The maximum atomic E-state index is 13.5. The van der Waals surface area contributed by atoms with Crippen LogP contribution in [0.15, 0.2) is 36.5 Å². The normalized spacial score (nSPS) is 29.8. The second-order valence-corrected chi connectivity index (χ2v) is 12.7. The Kier molecular flexibility index (Phi) is 7.07. The lowest BCUT2D eigenvalue weighted by Gasteiger charge is -2.64. The highest BCUT2D eigenvalue weighted by Crippen LogP contribution is 2.65. The number of aromatic nitrogens is 1. The molecule has 3 saturated carbocycles. The smallest absolute Gasteiger partial charge is 0.404 e. The molecule has 1 aromatic heterocycles. The first-order valence-electron chi connectivity index (χ1n) is 13.9. The number of aliphatic hydroxyl groups excluding tert-OH is 1. The molecule has 38 heavy (non-hydrogen) atoms. The third kappa shape index (κ3) is 4.73. The Balaban J connectivity index is 1.30. The van der Waals surface area contributed by atoms with Crippen LogP contribution < -0.4 is 10.6 Å². The molecule has 7 atom stereocenters. The molecule has 1 aromatic carbocycles. The number of carbonyl (C=O) groups is 2. The zero-order valence-corrected chi connectivity index (χ0v) is 23.2. The first-order valence-corrected chi connectivity index (χ1v) is 13.9. The lowest BCUT2D eigenvalue weighted by molar-refractivity contribution is -0.199. The van der Waals surface area contributed by atoms with Gasteiger partial charge in [-0.2, -0.15) is 0 Å². The van der Waals surface area contributed by atoms with Crippen LogP contribution in [0.25, 0.3) is 10.8 Å². The fourth-order valence-electron chi connectivity index (χ4n) is 6.92. The number of carbonyl (C=O) groups excluding carboxylic acids is 2. The Morgan fingerprint density at radius 1 is 1.13 bits per heavy atom. The van der Waals surface area contributed by atoms with Gasteiger partial charge in [0.2, 0.25) is 5.91 Å². The fraction of sp³-hybridized carbons (Fsp3) is 0.621. The van der Waals surface area contributed by atoms with Crippen LogP contribution >= 0.6 is 0 Å². The van der Waals surface area contributed by atoms with E-state index in [1.807, 2.05) is 24.3 Å². The van der Waals surface area contributed by atoms with Gasteiger partial charge in [-0.05, 0) is 67.7 Å². The van der Waals surface area contributed by atoms with Crippen LogP contribution in [0.5, 0.6) is 0 Å². The van der Waals surface area contributed by atoms with Crippen LogP contribution in [0.4, 0.5) is 0 Å². The van der Waals surface area contributed by atoms with Crippen molar-refractivity contribution in [2.75, 3.05) is 0 Å². The molecule has 3 aliphatic carbocycles. The van der Waals surface area contributed by atoms with E-state index in [9.17, 15) is 14.7 Å². The van der Waals surface area contributed by atoms with Gasteiger partial charge in [-0.3, -0.25) is 14.6 Å². The van der Waals surface area contributed by atoms with E-state index in [1.54, 1.807) is 12.3 Å². The molecular weight excluding hydrogens is 481 g/mol. The van der Waals surface area contributed by atoms with E-state index >= 15 is 0 Å². The summed E-state index contributed by atoms with van der Waals surface area (Å²) in [7, 11) is -0.584. The van der Waals surface area contributed by atoms with Gasteiger partial charge in [-0.25, -0.2) is 0 Å². The second-order valence-electron chi connectivity index (χ2n) is 12.7. The number of nitrogens with zero attached hydrogens (tertiary/aromatic N) is 1. The van der Waals surface area contributed by atoms with Gasteiger partial charge in [-0.1, -0.05) is 52.0 Å². The lowest BCUT2D eigenvalue weighted by Crippen LogP contribution is -2.65. The second kappa shape index (κ2) is 9.92. The van der Waals surface area contributed by atoms with E-state index in [4.69, 9.17) is 9.31 Å². The standard InChI is InChI=1S/C29H40BN3O5/c1-16(2)11-24(30-37-23-14-20-13-22(28(20,4)5)29(23,6)38-30)32-27(36)25(17(3)34)33-26(35)21-12-18-9-7-8-10-19(18)15-31-21/h7-10,12,15-17,20,22-25,34H,11,13-14H2,1-6H3,(H,32,36)(H,33,35)/t17-,20-,22-,23-,24+,25+,29+/m1/s1. The van der Waals surface area contributed by atoms with Gasteiger partial charge in [0.1, 0.15) is 11.7 Å². The summed E-state index contributed by atoms with van der Waals surface area (Å²) < 4.78 is 13.1. The maximum Gasteiger partial charge on any atom is 0.481 e. The minimum Gasteiger partial charge on any atom is -0.404 e. The van der Waals surface area contributed by atoms with Crippen molar-refractivity contribution in [2.24, 2.45) is 23.2 Å². The van der Waals surface area contributed by atoms with Crippen LogP contribution in [-0.2, 0) is 14.1 Å². The number of hydrogen-bond acceptors (Lipinski definition) is 6. The Bertz CT molecular complexity index is 1220. The largest absolute Gasteiger partial charge is 0.481 e. The first kappa shape index (κ1) is 27.1. The highest BCUT2D eigenvalue weighted by Gasteiger charge is 2.68. The molecule has 1 saturated heterocycles. The molecule has 0 spiro atoms. The molecule has 2 heterocycles. The fourth-order valence-corrected chi connectivity index (χ4v) is 6.92. The Labute approximate surface area is 225 Å². The summed E-state index contributed by atoms with van der Waals surface area (Å²) >= 11 is 0. The number of benzene rings is 1. The van der Waals surface area contributed by atoms with Crippen molar-refractivity contribution in [2.45, 2.75) is 90.6 Å². The van der Waals surface area contributed by atoms with Gasteiger partial charge in [-0.15, -0.1) is 0 Å². The summed E-state index contributed by atoms with van der Waals surface area (Å²) in [5, 5.41) is 18.0. The summed E-state index contributed by atoms with van der Waals surface area (Å²) in [6, 6.07) is 8.13. The Morgan fingerprint density at radius 2 is 1.84 bits per heavy atom. The monoisotopic (exact) mass is 521 g/mol. The van der Waals surface area contributed by atoms with Crippen molar-refractivity contribution in [3.05, 3.63) is 42.2 Å². The molecule has 204 valence electrons. The average molecular weight is 521 g/mol. The van der Waals surface area contributed by atoms with Gasteiger partial charge in [0, 0.05) is 11.6 Å². The van der Waals surface area contributed by atoms with Gasteiger partial charge >= 0.3 is 7.12 Å². The van der Waals surface area contributed by atoms with Gasteiger partial charge in [0.15, 0.2) is 0 Å². The predicted octanol–water partition coefficient (Wildman–Crippen LogP) is 3.51. The number of pyridine rings is 1. The van der Waals surface area contributed by atoms with Crippen molar-refractivity contribution < 1.29 is 24.0 Å². The Hall–Kier alpha value is -2.49. The molecule has 2 aromatic rings. The molecule has 8 nitrogen and oxygen atoms in total. The summed E-state index contributed by atoms with van der Waals surface area (Å²) in [5.74, 6) is -0.0953. The third-order valence-electron chi connectivity index (χ3n) is 9.27. The summed E-state index contributed by atoms with van der Waals surface area (Å²) in [6.07, 6.45) is 3.27. The predicted molar refractivity (Wildman–Crippen MR) is 146 cm³/mol. The minimum atomic E-state index is -1.16. The van der Waals surface area contributed by atoms with Crippen molar-refractivity contribution in [1.29, 1.82) is 0 Å². The number of aliphatic hydroxyl groups is 1. The van der Waals surface area contributed by atoms with Crippen LogP contribution in [0.1, 0.15) is 71.3 Å². The topological polar surface area (TPSA) is 110 Å². The zero-order chi connectivity index (χ0) is 27.4. The van der Waals surface area contributed by atoms with Crippen molar-refractivity contribution >= 4 is 29.7 Å². The van der Waals surface area contributed by atoms with E-state index in [0.29, 0.717) is 18.3 Å². The van der Waals surface area contributed by atoms with E-state index in [-0.39, 0.29) is 28.7 Å². The molecule has 4 fully saturated rings. The Morgan fingerprint density at radius 3 is 2.50 bits per heavy atom. The van der Waals surface area contributed by atoms with Gasteiger partial charge in [0.25, 0.3) is 5.91 Å². The molecule has 0 unspecified atom stereocenters. The SMILES string of the molecule is CC(C)C[C@H](NC(=O)[C@@H](NC(=O)c1cc2ccccc2cn1)[C@@H](C)O)B1O[C@@H]2C[C@H]3C[C@H](C3(C)C)[C@]2(C)O1. The molecule has 4 aliphatic rings. The van der Waals surface area contributed by atoms with E-state index in [0.717, 1.165) is 23.6 Å². The lowest BCUT2D eigenvalue weighted by atomic mass is 9.43. The van der Waals surface area contributed by atoms with Crippen LogP contribution in [0.3, 0.4) is 0 Å². The van der Waals surface area contributed by atoms with Crippen molar-refractivity contribution in [1.82, 2.24) is 15.6 Å². The minimum absolute atomic E-state index is 0.00193. The highest BCUT2D eigenvalue weighted by molar-refractivity contribution is 6.48. The molecule has 6 rings (SSSR count). The number of amides is 2. The summed E-state index contributed by atoms with van der Waals surface area (Å²) in [4.78, 5) is 30.7. The van der Waals surface area contributed by atoms with Crippen LogP contribution in [-0.4, -0.2) is 58.8 Å². The van der Waals surface area contributed by atoms with E-state index in [1.165, 1.54) is 6.92 Å². The maximum absolute atomic E-state index is 13.5. The average Bonchev–Trinajstić information content (AvgIpc) is 3.23. The molecule has 0 radical (unpaired) electrons. The molecule has 1 aliphatic heterocycles. The van der Waals surface area contributed by atoms with Gasteiger partial charge in [0.05, 0.1) is 23.8 Å². The summed E-state index contributed by atoms with van der Waals surface area (Å²) in [5.41, 5.74) is 0.0170. The number of rotatable bonds is 8. The summed E-state index contributed by atoms with van der Waals surface area (Å²) in [6.45, 7) is 12.5. The van der Waals surface area contributed by atoms with Crippen molar-refractivity contribution in [3.63, 3.8) is 0 Å². The van der Waals surface area contributed by atoms with E-state index < -0.39 is 37.0 Å². The molecule has 3 N–H and O–H groups in total. The van der Waals surface area contributed by atoms with Crippen molar-refractivity contribution in [3.8, 4) is 0 Å². The van der Waals surface area contributed by atoms with Gasteiger partial charge < -0.3 is 25.0 Å². The quantitative estimate of drug-likeness (QED) is 0.459. The zero-order valence-electron chi connectivity index (χ0n) is 23.2. The molecule has 2 bridgehead atoms. The number of nitrogens with one attached hydrogen (secondary N) is 2.